The highest BCUT2D eigenvalue weighted by Gasteiger charge is 2.29. The van der Waals surface area contributed by atoms with Crippen LogP contribution in [-0.4, -0.2) is 22.4 Å². The van der Waals surface area contributed by atoms with Crippen molar-refractivity contribution in [1.29, 1.82) is 0 Å². The first-order valence-electron chi connectivity index (χ1n) is 2.20. The summed E-state index contributed by atoms with van der Waals surface area (Å²) in [6.45, 7) is 1.53. The summed E-state index contributed by atoms with van der Waals surface area (Å²) < 4.78 is 0. The van der Waals surface area contributed by atoms with Crippen LogP contribution in [0.25, 0.3) is 0 Å². The number of aliphatic carboxylic acids is 1. The maximum absolute atomic E-state index is 10.1. The number of halogens is 1. The van der Waals surface area contributed by atoms with Crippen molar-refractivity contribution in [3.05, 3.63) is 0 Å². The molecule has 0 fully saturated rings. The number of carboxylic acids is 1. The number of hydrogen-bond donors (Lipinski definition) is 3. The standard InChI is InChI=1S/C4H9NO2S.ClH/c1-4(5,2-8)3(6)7;/h8H,2,5H2,1H3,(H,6,7);1H/t4-;/m1./s1. The molecular formula is C4H10ClNO2S. The van der Waals surface area contributed by atoms with Crippen LogP contribution < -0.4 is 18.1 Å². The summed E-state index contributed by atoms with van der Waals surface area (Å²) in [5.74, 6) is -0.644. The second-order valence-corrected chi connectivity index (χ2v) is 2.34. The summed E-state index contributed by atoms with van der Waals surface area (Å²) in [6.07, 6.45) is 0. The summed E-state index contributed by atoms with van der Waals surface area (Å²) in [7, 11) is 0. The number of quaternary nitrogens is 1. The minimum Gasteiger partial charge on any atom is -1.00 e. The zero-order valence-corrected chi connectivity index (χ0v) is 6.75. The molecule has 0 aliphatic heterocycles. The topological polar surface area (TPSA) is 64.9 Å². The monoisotopic (exact) mass is 171 g/mol. The quantitative estimate of drug-likeness (QED) is 0.371. The van der Waals surface area contributed by atoms with Crippen LogP contribution in [0.15, 0.2) is 0 Å². The molecule has 0 aromatic heterocycles. The van der Waals surface area contributed by atoms with Crippen LogP contribution in [0.3, 0.4) is 0 Å². The van der Waals surface area contributed by atoms with E-state index < -0.39 is 11.5 Å². The molecule has 0 aliphatic carbocycles. The first kappa shape index (κ1) is 11.8. The average molecular weight is 172 g/mol. The van der Waals surface area contributed by atoms with E-state index >= 15 is 0 Å². The molecule has 0 heterocycles. The predicted octanol–water partition coefficient (Wildman–Crippen LogP) is -3.99. The van der Waals surface area contributed by atoms with Crippen LogP contribution in [0.1, 0.15) is 6.92 Å². The molecule has 3 nitrogen and oxygen atoms in total. The SMILES string of the molecule is C[C@@]([NH3+])(CS)C(=O)O.[Cl-]. The molecule has 0 unspecified atom stereocenters. The van der Waals surface area contributed by atoms with Gasteiger partial charge in [0.15, 0.2) is 5.54 Å². The molecule has 0 amide bonds. The summed E-state index contributed by atoms with van der Waals surface area (Å²) in [5.41, 5.74) is 2.48. The van der Waals surface area contributed by atoms with Gasteiger partial charge in [0.25, 0.3) is 0 Å². The molecule has 0 aliphatic rings. The maximum atomic E-state index is 10.1. The number of rotatable bonds is 2. The van der Waals surface area contributed by atoms with Crippen LogP contribution in [0.5, 0.6) is 0 Å². The zero-order valence-electron chi connectivity index (χ0n) is 5.09. The Balaban J connectivity index is 0. The van der Waals surface area contributed by atoms with Crippen molar-refractivity contribution in [3.63, 3.8) is 0 Å². The van der Waals surface area contributed by atoms with Crippen LogP contribution in [-0.2, 0) is 4.79 Å². The first-order valence-corrected chi connectivity index (χ1v) is 2.83. The van der Waals surface area contributed by atoms with Crippen LogP contribution >= 0.6 is 12.6 Å². The lowest BCUT2D eigenvalue weighted by atomic mass is 10.1. The lowest BCUT2D eigenvalue weighted by molar-refractivity contribution is -0.447. The molecule has 0 saturated heterocycles. The van der Waals surface area contributed by atoms with E-state index in [4.69, 9.17) is 5.11 Å². The Morgan fingerprint density at radius 1 is 1.89 bits per heavy atom. The molecule has 56 valence electrons. The predicted molar refractivity (Wildman–Crippen MR) is 32.8 cm³/mol. The van der Waals surface area contributed by atoms with E-state index in [9.17, 15) is 4.79 Å². The zero-order chi connectivity index (χ0) is 6.78. The van der Waals surface area contributed by atoms with E-state index in [1.165, 1.54) is 6.92 Å². The van der Waals surface area contributed by atoms with E-state index in [2.05, 4.69) is 18.4 Å². The molecule has 0 radical (unpaired) electrons. The fourth-order valence-corrected chi connectivity index (χ4v) is 0.203. The van der Waals surface area contributed by atoms with Gasteiger partial charge in [-0.3, -0.25) is 0 Å². The Bertz CT molecular complexity index is 107. The van der Waals surface area contributed by atoms with Crippen LogP contribution in [0.2, 0.25) is 0 Å². The van der Waals surface area contributed by atoms with Gasteiger partial charge in [0.1, 0.15) is 0 Å². The molecule has 1 atom stereocenters. The number of carboxylic acid groups (broad SMARTS) is 1. The third-order valence-corrected chi connectivity index (χ3v) is 1.56. The summed E-state index contributed by atoms with van der Waals surface area (Å²) in [4.78, 5) is 10.1. The largest absolute Gasteiger partial charge is 1.00 e. The molecule has 5 heteroatoms. The second-order valence-electron chi connectivity index (χ2n) is 2.02. The van der Waals surface area contributed by atoms with Gasteiger partial charge < -0.3 is 23.2 Å². The van der Waals surface area contributed by atoms with Gasteiger partial charge in [0, 0.05) is 6.92 Å². The molecule has 0 bridgehead atoms. The summed E-state index contributed by atoms with van der Waals surface area (Å²) >= 11 is 3.80. The van der Waals surface area contributed by atoms with E-state index in [0.29, 0.717) is 0 Å². The Kier molecular flexibility index (Phi) is 5.22. The van der Waals surface area contributed by atoms with Crippen molar-refractivity contribution >= 4 is 18.6 Å². The lowest BCUT2D eigenvalue weighted by Crippen LogP contribution is -3.00. The number of hydrogen-bond acceptors (Lipinski definition) is 2. The smallest absolute Gasteiger partial charge is 0.366 e. The Morgan fingerprint density at radius 3 is 2.22 bits per heavy atom. The van der Waals surface area contributed by atoms with E-state index in [1.807, 2.05) is 0 Å². The van der Waals surface area contributed by atoms with E-state index in [0.717, 1.165) is 0 Å². The fourth-order valence-electron chi connectivity index (χ4n) is 0.0676. The molecule has 0 aromatic rings. The highest BCUT2D eigenvalue weighted by Crippen LogP contribution is 1.96. The number of thiol groups is 1. The van der Waals surface area contributed by atoms with Gasteiger partial charge in [-0.05, 0) is 0 Å². The molecule has 0 saturated carbocycles. The second kappa shape index (κ2) is 3.98. The van der Waals surface area contributed by atoms with Crippen LogP contribution in [0, 0.1) is 0 Å². The minimum atomic E-state index is -0.927. The third-order valence-electron chi connectivity index (χ3n) is 0.865. The average Bonchev–Trinajstić information content (AvgIpc) is 1.67. The van der Waals surface area contributed by atoms with Gasteiger partial charge in [0.2, 0.25) is 0 Å². The van der Waals surface area contributed by atoms with Crippen molar-refractivity contribution in [2.24, 2.45) is 0 Å². The molecular weight excluding hydrogens is 162 g/mol. The Labute approximate surface area is 65.4 Å². The molecule has 0 spiro atoms. The van der Waals surface area contributed by atoms with E-state index in [-0.39, 0.29) is 18.2 Å². The number of carbonyl (C=O) groups is 1. The Hall–Kier alpha value is 0.0700. The van der Waals surface area contributed by atoms with Gasteiger partial charge in [-0.2, -0.15) is 12.6 Å². The van der Waals surface area contributed by atoms with Gasteiger partial charge >= 0.3 is 5.97 Å². The minimum absolute atomic E-state index is 0. The summed E-state index contributed by atoms with van der Waals surface area (Å²) in [6, 6.07) is 0. The molecule has 0 rings (SSSR count). The third kappa shape index (κ3) is 3.61. The fraction of sp³-hybridized carbons (Fsp3) is 0.750. The van der Waals surface area contributed by atoms with Crippen molar-refractivity contribution in [1.82, 2.24) is 0 Å². The molecule has 0 aromatic carbocycles. The maximum Gasteiger partial charge on any atom is 0.366 e. The van der Waals surface area contributed by atoms with Crippen molar-refractivity contribution in [2.45, 2.75) is 12.5 Å². The van der Waals surface area contributed by atoms with Gasteiger partial charge in [-0.25, -0.2) is 4.79 Å². The lowest BCUT2D eigenvalue weighted by Gasteiger charge is -2.10. The van der Waals surface area contributed by atoms with Crippen molar-refractivity contribution in [2.75, 3.05) is 5.75 Å². The van der Waals surface area contributed by atoms with Gasteiger partial charge in [0.05, 0.1) is 5.75 Å². The molecule has 4 N–H and O–H groups in total. The molecule has 9 heavy (non-hydrogen) atoms. The first-order chi connectivity index (χ1) is 3.50. The van der Waals surface area contributed by atoms with Gasteiger partial charge in [-0.1, -0.05) is 0 Å². The Morgan fingerprint density at radius 2 is 2.22 bits per heavy atom. The normalized spacial score (nSPS) is 15.4. The van der Waals surface area contributed by atoms with Gasteiger partial charge in [-0.15, -0.1) is 0 Å². The van der Waals surface area contributed by atoms with Crippen molar-refractivity contribution in [3.8, 4) is 0 Å². The van der Waals surface area contributed by atoms with Crippen LogP contribution in [0.4, 0.5) is 0 Å². The highest BCUT2D eigenvalue weighted by atomic mass is 35.5. The highest BCUT2D eigenvalue weighted by molar-refractivity contribution is 7.80. The van der Waals surface area contributed by atoms with Crippen molar-refractivity contribution < 1.29 is 28.0 Å². The van der Waals surface area contributed by atoms with E-state index in [1.54, 1.807) is 0 Å². The summed E-state index contributed by atoms with van der Waals surface area (Å²) in [5, 5.41) is 8.33.